The van der Waals surface area contributed by atoms with Gasteiger partial charge in [0, 0.05) is 24.6 Å². The molecule has 0 radical (unpaired) electrons. The monoisotopic (exact) mass is 211 g/mol. The molecule has 2 unspecified atom stereocenters. The van der Waals surface area contributed by atoms with Crippen LogP contribution in [0, 0.1) is 11.3 Å². The molecule has 0 spiro atoms. The second-order valence-corrected chi connectivity index (χ2v) is 5.51. The molecule has 2 nitrogen and oxygen atoms in total. The minimum atomic E-state index is 0.443. The molecule has 0 aromatic carbocycles. The fourth-order valence-corrected chi connectivity index (χ4v) is 2.70. The fourth-order valence-electron chi connectivity index (χ4n) is 2.70. The van der Waals surface area contributed by atoms with E-state index in [0.29, 0.717) is 5.41 Å². The van der Waals surface area contributed by atoms with Gasteiger partial charge in [-0.3, -0.25) is 0 Å². The van der Waals surface area contributed by atoms with Gasteiger partial charge in [-0.15, -0.1) is 0 Å². The summed E-state index contributed by atoms with van der Waals surface area (Å²) in [4.78, 5) is 0. The van der Waals surface area contributed by atoms with E-state index in [1.54, 1.807) is 0 Å². The van der Waals surface area contributed by atoms with Crippen LogP contribution >= 0.6 is 0 Å². The van der Waals surface area contributed by atoms with E-state index in [0.717, 1.165) is 25.2 Å². The Morgan fingerprint density at radius 2 is 2.27 bits per heavy atom. The number of hydrogen-bond acceptors (Lipinski definition) is 2. The molecule has 1 aliphatic carbocycles. The molecule has 2 atom stereocenters. The molecule has 1 saturated carbocycles. The van der Waals surface area contributed by atoms with Crippen LogP contribution in [0.3, 0.4) is 0 Å². The van der Waals surface area contributed by atoms with Gasteiger partial charge in [0.05, 0.1) is 6.61 Å². The molecule has 2 heteroatoms. The normalized spacial score (nSPS) is 33.2. The van der Waals surface area contributed by atoms with E-state index in [1.807, 2.05) is 0 Å². The summed E-state index contributed by atoms with van der Waals surface area (Å²) in [6, 6.07) is 0.830. The van der Waals surface area contributed by atoms with Crippen molar-refractivity contribution in [1.82, 2.24) is 5.32 Å². The van der Waals surface area contributed by atoms with Gasteiger partial charge in [0.25, 0.3) is 0 Å². The fraction of sp³-hybridized carbons (Fsp3) is 1.00. The maximum Gasteiger partial charge on any atom is 0.0538 e. The minimum absolute atomic E-state index is 0.443. The molecule has 0 amide bonds. The summed E-state index contributed by atoms with van der Waals surface area (Å²) in [5.74, 6) is 0.802. The summed E-state index contributed by atoms with van der Waals surface area (Å²) in [5, 5.41) is 3.70. The number of rotatable bonds is 6. The van der Waals surface area contributed by atoms with Gasteiger partial charge in [0.2, 0.25) is 0 Å². The molecule has 1 heterocycles. The molecule has 2 aliphatic rings. The van der Waals surface area contributed by atoms with E-state index in [-0.39, 0.29) is 0 Å². The first-order chi connectivity index (χ1) is 7.27. The molecule has 1 aliphatic heterocycles. The first-order valence-electron chi connectivity index (χ1n) is 6.58. The Morgan fingerprint density at radius 1 is 1.47 bits per heavy atom. The van der Waals surface area contributed by atoms with Gasteiger partial charge in [0.1, 0.15) is 0 Å². The Labute approximate surface area is 93.8 Å². The van der Waals surface area contributed by atoms with Gasteiger partial charge < -0.3 is 10.1 Å². The highest BCUT2D eigenvalue weighted by Gasteiger charge is 2.40. The highest BCUT2D eigenvalue weighted by atomic mass is 16.5. The van der Waals surface area contributed by atoms with E-state index in [9.17, 15) is 0 Å². The lowest BCUT2D eigenvalue weighted by molar-refractivity contribution is 0.106. The Kier molecular flexibility index (Phi) is 3.68. The van der Waals surface area contributed by atoms with Crippen LogP contribution in [0.4, 0.5) is 0 Å². The van der Waals surface area contributed by atoms with Gasteiger partial charge >= 0.3 is 0 Å². The van der Waals surface area contributed by atoms with Crippen LogP contribution in [0.2, 0.25) is 0 Å². The summed E-state index contributed by atoms with van der Waals surface area (Å²) < 4.78 is 5.64. The van der Waals surface area contributed by atoms with Crippen molar-refractivity contribution in [3.8, 4) is 0 Å². The van der Waals surface area contributed by atoms with E-state index >= 15 is 0 Å². The quantitative estimate of drug-likeness (QED) is 0.729. The Morgan fingerprint density at radius 3 is 2.80 bits per heavy atom. The van der Waals surface area contributed by atoms with Crippen LogP contribution < -0.4 is 5.32 Å². The van der Waals surface area contributed by atoms with Crippen LogP contribution in [-0.2, 0) is 4.74 Å². The van der Waals surface area contributed by atoms with E-state index in [2.05, 4.69) is 19.2 Å². The van der Waals surface area contributed by atoms with Crippen molar-refractivity contribution in [1.29, 1.82) is 0 Å². The third-order valence-corrected chi connectivity index (χ3v) is 4.22. The van der Waals surface area contributed by atoms with Crippen molar-refractivity contribution in [2.75, 3.05) is 19.8 Å². The lowest BCUT2D eigenvalue weighted by atomic mass is 9.73. The second kappa shape index (κ2) is 4.84. The van der Waals surface area contributed by atoms with Gasteiger partial charge in [-0.25, -0.2) is 0 Å². The Balaban J connectivity index is 1.88. The van der Waals surface area contributed by atoms with Crippen molar-refractivity contribution in [2.45, 2.75) is 52.0 Å². The van der Waals surface area contributed by atoms with Crippen LogP contribution in [0.1, 0.15) is 46.0 Å². The zero-order valence-corrected chi connectivity index (χ0v) is 10.2. The standard InChI is InChI=1S/C13H25NO/c1-3-4-11(2)13(7-8-15-10-13)9-14-12-5-6-12/h11-12,14H,3-10H2,1-2H3. The molecule has 0 bridgehead atoms. The summed E-state index contributed by atoms with van der Waals surface area (Å²) in [6.07, 6.45) is 6.67. The molecule has 2 rings (SSSR count). The minimum Gasteiger partial charge on any atom is -0.381 e. The van der Waals surface area contributed by atoms with Crippen LogP contribution in [-0.4, -0.2) is 25.8 Å². The maximum absolute atomic E-state index is 5.64. The lowest BCUT2D eigenvalue weighted by Gasteiger charge is -2.34. The molecule has 15 heavy (non-hydrogen) atoms. The summed E-state index contributed by atoms with van der Waals surface area (Å²) >= 11 is 0. The van der Waals surface area contributed by atoms with Gasteiger partial charge in [-0.05, 0) is 25.2 Å². The highest BCUT2D eigenvalue weighted by Crippen LogP contribution is 2.39. The van der Waals surface area contributed by atoms with Gasteiger partial charge in [-0.1, -0.05) is 26.7 Å². The van der Waals surface area contributed by atoms with Crippen LogP contribution in [0.25, 0.3) is 0 Å². The van der Waals surface area contributed by atoms with Crippen LogP contribution in [0.5, 0.6) is 0 Å². The number of hydrogen-bond donors (Lipinski definition) is 1. The van der Waals surface area contributed by atoms with Crippen molar-refractivity contribution in [3.05, 3.63) is 0 Å². The highest BCUT2D eigenvalue weighted by molar-refractivity contribution is 4.92. The molecule has 0 aromatic heterocycles. The average molecular weight is 211 g/mol. The lowest BCUT2D eigenvalue weighted by Crippen LogP contribution is -2.40. The Hall–Kier alpha value is -0.0800. The van der Waals surface area contributed by atoms with Crippen molar-refractivity contribution < 1.29 is 4.74 Å². The third kappa shape index (κ3) is 2.73. The van der Waals surface area contributed by atoms with Gasteiger partial charge in [-0.2, -0.15) is 0 Å². The second-order valence-electron chi connectivity index (χ2n) is 5.51. The maximum atomic E-state index is 5.64. The predicted octanol–water partition coefficient (Wildman–Crippen LogP) is 2.58. The first-order valence-corrected chi connectivity index (χ1v) is 6.58. The molecule has 1 saturated heterocycles. The number of ether oxygens (including phenoxy) is 1. The molecule has 2 fully saturated rings. The zero-order valence-electron chi connectivity index (χ0n) is 10.2. The topological polar surface area (TPSA) is 21.3 Å². The van der Waals surface area contributed by atoms with Crippen molar-refractivity contribution in [3.63, 3.8) is 0 Å². The summed E-state index contributed by atoms with van der Waals surface area (Å²) in [5.41, 5.74) is 0.443. The molecule has 0 aromatic rings. The van der Waals surface area contributed by atoms with E-state index in [1.165, 1.54) is 38.6 Å². The summed E-state index contributed by atoms with van der Waals surface area (Å²) in [7, 11) is 0. The van der Waals surface area contributed by atoms with Crippen molar-refractivity contribution in [2.24, 2.45) is 11.3 Å². The molecular weight excluding hydrogens is 186 g/mol. The zero-order chi connectivity index (χ0) is 10.7. The largest absolute Gasteiger partial charge is 0.381 e. The Bertz CT molecular complexity index is 195. The molecular formula is C13H25NO. The van der Waals surface area contributed by atoms with Crippen molar-refractivity contribution >= 4 is 0 Å². The first kappa shape index (κ1) is 11.4. The van der Waals surface area contributed by atoms with Gasteiger partial charge in [0.15, 0.2) is 0 Å². The SMILES string of the molecule is CCCC(C)C1(CNC2CC2)CCOC1. The third-order valence-electron chi connectivity index (χ3n) is 4.22. The summed E-state index contributed by atoms with van der Waals surface area (Å²) in [6.45, 7) is 7.83. The molecule has 1 N–H and O–H groups in total. The number of nitrogens with one attached hydrogen (secondary N) is 1. The average Bonchev–Trinajstić information content (AvgIpc) is 2.94. The smallest absolute Gasteiger partial charge is 0.0538 e. The molecule has 88 valence electrons. The predicted molar refractivity (Wildman–Crippen MR) is 63.0 cm³/mol. The van der Waals surface area contributed by atoms with Crippen LogP contribution in [0.15, 0.2) is 0 Å². The van der Waals surface area contributed by atoms with E-state index in [4.69, 9.17) is 4.74 Å². The van der Waals surface area contributed by atoms with E-state index < -0.39 is 0 Å².